The smallest absolute Gasteiger partial charge is 0.534 e. The molecule has 1 heterocycles. The molecule has 0 bridgehead atoms. The topological polar surface area (TPSA) is 120 Å². The van der Waals surface area contributed by atoms with E-state index in [-0.39, 0.29) is 16.8 Å². The minimum Gasteiger partial charge on any atom is -0.545 e. The van der Waals surface area contributed by atoms with Crippen molar-refractivity contribution in [2.45, 2.75) is 5.51 Å². The van der Waals surface area contributed by atoms with Crippen LogP contribution in [0.4, 0.5) is 13.2 Å². The molecule has 0 saturated carbocycles. The number of rotatable bonds is 4. The number of halogens is 3. The molecule has 2 rings (SSSR count). The molecule has 0 N–H and O–H groups in total. The third-order valence-corrected chi connectivity index (χ3v) is 3.84. The van der Waals surface area contributed by atoms with Gasteiger partial charge >= 0.3 is 15.6 Å². The van der Waals surface area contributed by atoms with Crippen LogP contribution in [0.5, 0.6) is 5.75 Å². The summed E-state index contributed by atoms with van der Waals surface area (Å²) in [6, 6.07) is 6.77. The Labute approximate surface area is 139 Å². The highest BCUT2D eigenvalue weighted by Crippen LogP contribution is 2.31. The number of hydrogen-bond acceptors (Lipinski definition) is 7. The average molecular weight is 371 g/mol. The number of benzene rings is 1. The summed E-state index contributed by atoms with van der Waals surface area (Å²) in [4.78, 5) is 14.7. The van der Waals surface area contributed by atoms with Crippen molar-refractivity contribution in [3.8, 4) is 23.1 Å². The van der Waals surface area contributed by atoms with E-state index in [1.165, 1.54) is 6.07 Å². The molecule has 1 aromatic heterocycles. The van der Waals surface area contributed by atoms with Crippen molar-refractivity contribution in [3.63, 3.8) is 0 Å². The zero-order valence-electron chi connectivity index (χ0n) is 11.9. The van der Waals surface area contributed by atoms with Crippen molar-refractivity contribution in [1.29, 1.82) is 5.26 Å². The molecule has 2 aromatic rings. The second kappa shape index (κ2) is 6.40. The molecule has 0 radical (unpaired) electrons. The van der Waals surface area contributed by atoms with Gasteiger partial charge < -0.3 is 14.1 Å². The van der Waals surface area contributed by atoms with Gasteiger partial charge in [0, 0.05) is 17.3 Å². The first kappa shape index (κ1) is 18.2. The average Bonchev–Trinajstić information content (AvgIpc) is 2.54. The Kier molecular flexibility index (Phi) is 4.67. The number of aromatic carboxylic acids is 1. The molecule has 7 nitrogen and oxygen atoms in total. The van der Waals surface area contributed by atoms with Crippen LogP contribution in [0.15, 0.2) is 36.5 Å². The number of carboxylic acids is 1. The minimum absolute atomic E-state index is 0.0865. The number of nitrogens with zero attached hydrogens (tertiary/aromatic N) is 2. The zero-order chi connectivity index (χ0) is 18.8. The van der Waals surface area contributed by atoms with Crippen LogP contribution in [-0.4, -0.2) is 24.9 Å². The van der Waals surface area contributed by atoms with Crippen LogP contribution in [0.25, 0.3) is 11.3 Å². The van der Waals surface area contributed by atoms with E-state index in [2.05, 4.69) is 9.17 Å². The summed E-state index contributed by atoms with van der Waals surface area (Å²) in [6.45, 7) is 0. The number of hydrogen-bond donors (Lipinski definition) is 0. The quantitative estimate of drug-likeness (QED) is 0.585. The van der Waals surface area contributed by atoms with Gasteiger partial charge in [0.2, 0.25) is 0 Å². The molecule has 1 aromatic carbocycles. The van der Waals surface area contributed by atoms with E-state index in [0.29, 0.717) is 0 Å². The SMILES string of the molecule is N#Cc1cc(-c2cc(C(=O)[O-])ccn2)ccc1OS(=O)(=O)C(F)(F)F. The Morgan fingerprint density at radius 1 is 1.24 bits per heavy atom. The van der Waals surface area contributed by atoms with Gasteiger partial charge in [-0.15, -0.1) is 0 Å². The molecule has 0 aliphatic carbocycles. The van der Waals surface area contributed by atoms with Gasteiger partial charge in [-0.3, -0.25) is 4.98 Å². The molecule has 25 heavy (non-hydrogen) atoms. The zero-order valence-corrected chi connectivity index (χ0v) is 12.8. The highest BCUT2D eigenvalue weighted by Gasteiger charge is 2.48. The Balaban J connectivity index is 2.46. The lowest BCUT2D eigenvalue weighted by Crippen LogP contribution is -2.28. The van der Waals surface area contributed by atoms with Gasteiger partial charge in [0.25, 0.3) is 0 Å². The first-order chi connectivity index (χ1) is 11.5. The number of nitriles is 1. The summed E-state index contributed by atoms with van der Waals surface area (Å²) in [5, 5.41) is 19.8. The molecule has 0 amide bonds. The van der Waals surface area contributed by atoms with Crippen LogP contribution in [0.1, 0.15) is 15.9 Å². The van der Waals surface area contributed by atoms with Gasteiger partial charge in [0.15, 0.2) is 5.75 Å². The standard InChI is InChI=1S/C14H7F3N2O5S/c15-14(16,17)25(22,23)24-12-2-1-8(5-10(12)7-18)11-6-9(13(20)21)3-4-19-11/h1-6H,(H,20,21)/p-1. The third-order valence-electron chi connectivity index (χ3n) is 2.87. The second-order valence-electron chi connectivity index (χ2n) is 4.52. The maximum atomic E-state index is 12.4. The maximum absolute atomic E-state index is 12.4. The van der Waals surface area contributed by atoms with Crippen molar-refractivity contribution in [2.24, 2.45) is 0 Å². The lowest BCUT2D eigenvalue weighted by molar-refractivity contribution is -0.255. The van der Waals surface area contributed by atoms with Crippen molar-refractivity contribution >= 4 is 16.1 Å². The highest BCUT2D eigenvalue weighted by atomic mass is 32.2. The van der Waals surface area contributed by atoms with Crippen LogP contribution in [-0.2, 0) is 10.1 Å². The van der Waals surface area contributed by atoms with Crippen LogP contribution in [0.3, 0.4) is 0 Å². The number of carbonyl (C=O) groups excluding carboxylic acids is 1. The van der Waals surface area contributed by atoms with Gasteiger partial charge in [0.05, 0.1) is 17.2 Å². The van der Waals surface area contributed by atoms with E-state index in [1.807, 2.05) is 0 Å². The fraction of sp³-hybridized carbons (Fsp3) is 0.0714. The van der Waals surface area contributed by atoms with Gasteiger partial charge in [-0.05, 0) is 30.3 Å². The summed E-state index contributed by atoms with van der Waals surface area (Å²) in [6.07, 6.45) is 1.16. The number of alkyl halides is 3. The van der Waals surface area contributed by atoms with Crippen molar-refractivity contribution in [1.82, 2.24) is 4.98 Å². The van der Waals surface area contributed by atoms with Gasteiger partial charge in [0.1, 0.15) is 6.07 Å². The van der Waals surface area contributed by atoms with E-state index >= 15 is 0 Å². The van der Waals surface area contributed by atoms with E-state index in [0.717, 1.165) is 36.5 Å². The van der Waals surface area contributed by atoms with Crippen LogP contribution < -0.4 is 9.29 Å². The van der Waals surface area contributed by atoms with E-state index in [9.17, 15) is 31.5 Å². The fourth-order valence-electron chi connectivity index (χ4n) is 1.73. The highest BCUT2D eigenvalue weighted by molar-refractivity contribution is 7.88. The summed E-state index contributed by atoms with van der Waals surface area (Å²) in [5.41, 5.74) is -6.11. The Hall–Kier alpha value is -3.13. The summed E-state index contributed by atoms with van der Waals surface area (Å²) in [7, 11) is -5.93. The number of pyridine rings is 1. The first-order valence-corrected chi connectivity index (χ1v) is 7.68. The number of aromatic nitrogens is 1. The summed E-state index contributed by atoms with van der Waals surface area (Å²) >= 11 is 0. The Bertz CT molecular complexity index is 981. The van der Waals surface area contributed by atoms with Crippen LogP contribution in [0, 0.1) is 11.3 Å². The number of carbonyl (C=O) groups is 1. The Morgan fingerprint density at radius 2 is 1.92 bits per heavy atom. The molecule has 0 spiro atoms. The lowest BCUT2D eigenvalue weighted by atomic mass is 10.1. The molecule has 130 valence electrons. The van der Waals surface area contributed by atoms with Crippen LogP contribution in [0.2, 0.25) is 0 Å². The summed E-state index contributed by atoms with van der Waals surface area (Å²) in [5.74, 6) is -2.29. The van der Waals surface area contributed by atoms with E-state index in [1.54, 1.807) is 0 Å². The molecule has 11 heteroatoms. The Morgan fingerprint density at radius 3 is 2.48 bits per heavy atom. The summed E-state index contributed by atoms with van der Waals surface area (Å²) < 4.78 is 63.0. The maximum Gasteiger partial charge on any atom is 0.534 e. The van der Waals surface area contributed by atoms with Gasteiger partial charge in [-0.2, -0.15) is 26.9 Å². The second-order valence-corrected chi connectivity index (χ2v) is 6.06. The van der Waals surface area contributed by atoms with Gasteiger partial charge in [-0.1, -0.05) is 0 Å². The van der Waals surface area contributed by atoms with Crippen molar-refractivity contribution in [3.05, 3.63) is 47.7 Å². The molecule has 0 fully saturated rings. The first-order valence-electron chi connectivity index (χ1n) is 6.28. The fourth-order valence-corrected chi connectivity index (χ4v) is 2.21. The monoisotopic (exact) mass is 371 g/mol. The lowest BCUT2D eigenvalue weighted by Gasteiger charge is -2.11. The molecule has 0 saturated heterocycles. The third kappa shape index (κ3) is 3.86. The molecule has 0 atom stereocenters. The largest absolute Gasteiger partial charge is 0.545 e. The molecule has 0 aliphatic heterocycles. The van der Waals surface area contributed by atoms with Gasteiger partial charge in [-0.25, -0.2) is 0 Å². The predicted octanol–water partition coefficient (Wildman–Crippen LogP) is 1.21. The van der Waals surface area contributed by atoms with Crippen LogP contribution >= 0.6 is 0 Å². The number of carboxylic acid groups (broad SMARTS) is 1. The normalized spacial score (nSPS) is 11.6. The molecule has 0 unspecified atom stereocenters. The minimum atomic E-state index is -5.93. The molecular formula is C14H6F3N2O5S-. The van der Waals surface area contributed by atoms with Crippen molar-refractivity contribution < 1.29 is 35.7 Å². The van der Waals surface area contributed by atoms with E-state index in [4.69, 9.17) is 5.26 Å². The predicted molar refractivity (Wildman–Crippen MR) is 74.3 cm³/mol. The van der Waals surface area contributed by atoms with Crippen molar-refractivity contribution in [2.75, 3.05) is 0 Å². The van der Waals surface area contributed by atoms with E-state index < -0.39 is 32.9 Å². The molecule has 0 aliphatic rings. The molecular weight excluding hydrogens is 365 g/mol.